The SMILES string of the molecule is CCCCCCCC(=O)OCC=CS(=O)(=O)O. The molecule has 0 unspecified atom stereocenters. The zero-order chi connectivity index (χ0) is 13.1. The third-order valence-corrected chi connectivity index (χ3v) is 2.63. The van der Waals surface area contributed by atoms with E-state index in [9.17, 15) is 13.2 Å². The molecule has 0 fully saturated rings. The lowest BCUT2D eigenvalue weighted by Gasteiger charge is -2.01. The second-order valence-corrected chi connectivity index (χ2v) is 5.04. The summed E-state index contributed by atoms with van der Waals surface area (Å²) >= 11 is 0. The van der Waals surface area contributed by atoms with Crippen LogP contribution in [0.3, 0.4) is 0 Å². The van der Waals surface area contributed by atoms with Gasteiger partial charge in [-0.3, -0.25) is 9.35 Å². The second kappa shape index (κ2) is 9.18. The molecule has 0 aliphatic rings. The summed E-state index contributed by atoms with van der Waals surface area (Å²) in [5, 5.41) is 0.599. The van der Waals surface area contributed by atoms with Crippen molar-refractivity contribution < 1.29 is 22.5 Å². The van der Waals surface area contributed by atoms with E-state index in [-0.39, 0.29) is 12.6 Å². The predicted octanol–water partition coefficient (Wildman–Crippen LogP) is 2.29. The molecule has 0 atom stereocenters. The Morgan fingerprint density at radius 1 is 1.24 bits per heavy atom. The summed E-state index contributed by atoms with van der Waals surface area (Å²) in [7, 11) is -4.12. The van der Waals surface area contributed by atoms with Gasteiger partial charge >= 0.3 is 5.97 Å². The first-order valence-corrected chi connectivity index (χ1v) is 7.25. The molecule has 0 heterocycles. The summed E-state index contributed by atoms with van der Waals surface area (Å²) in [6, 6.07) is 0. The van der Waals surface area contributed by atoms with Gasteiger partial charge in [0.2, 0.25) is 0 Å². The lowest BCUT2D eigenvalue weighted by molar-refractivity contribution is -0.142. The van der Waals surface area contributed by atoms with E-state index in [1.165, 1.54) is 6.42 Å². The largest absolute Gasteiger partial charge is 0.461 e. The Bertz CT molecular complexity index is 332. The van der Waals surface area contributed by atoms with Gasteiger partial charge in [0.25, 0.3) is 10.1 Å². The molecule has 0 amide bonds. The Labute approximate surface area is 103 Å². The topological polar surface area (TPSA) is 80.7 Å². The maximum Gasteiger partial charge on any atom is 0.306 e. The van der Waals surface area contributed by atoms with Gasteiger partial charge in [-0.25, -0.2) is 0 Å². The van der Waals surface area contributed by atoms with Gasteiger partial charge in [-0.15, -0.1) is 0 Å². The smallest absolute Gasteiger partial charge is 0.306 e. The number of carbonyl (C=O) groups excluding carboxylic acids is 1. The molecule has 0 bridgehead atoms. The molecule has 0 aliphatic carbocycles. The van der Waals surface area contributed by atoms with E-state index >= 15 is 0 Å². The monoisotopic (exact) mass is 264 g/mol. The molecular formula is C11H20O5S. The summed E-state index contributed by atoms with van der Waals surface area (Å²) in [4.78, 5) is 11.1. The summed E-state index contributed by atoms with van der Waals surface area (Å²) < 4.78 is 33.6. The van der Waals surface area contributed by atoms with Crippen molar-refractivity contribution in [1.82, 2.24) is 0 Å². The van der Waals surface area contributed by atoms with Gasteiger partial charge in [0, 0.05) is 6.42 Å². The van der Waals surface area contributed by atoms with Gasteiger partial charge in [0.05, 0.1) is 5.41 Å². The fourth-order valence-corrected chi connectivity index (χ4v) is 1.57. The van der Waals surface area contributed by atoms with E-state index in [0.717, 1.165) is 31.8 Å². The molecule has 0 saturated carbocycles. The molecule has 1 N–H and O–H groups in total. The van der Waals surface area contributed by atoms with Crippen molar-refractivity contribution in [1.29, 1.82) is 0 Å². The molecule has 5 nitrogen and oxygen atoms in total. The molecule has 6 heteroatoms. The number of hydrogen-bond acceptors (Lipinski definition) is 4. The summed E-state index contributed by atoms with van der Waals surface area (Å²) in [6.45, 7) is 1.99. The van der Waals surface area contributed by atoms with Crippen LogP contribution in [0.1, 0.15) is 45.4 Å². The van der Waals surface area contributed by atoms with Crippen LogP contribution in [0.2, 0.25) is 0 Å². The first kappa shape index (κ1) is 16.1. The lowest BCUT2D eigenvalue weighted by atomic mass is 10.1. The van der Waals surface area contributed by atoms with Crippen molar-refractivity contribution in [3.05, 3.63) is 11.5 Å². The Balaban J connectivity index is 3.51. The third kappa shape index (κ3) is 13.1. The van der Waals surface area contributed by atoms with Crippen LogP contribution in [0.4, 0.5) is 0 Å². The van der Waals surface area contributed by atoms with E-state index in [1.807, 2.05) is 0 Å². The number of hydrogen-bond donors (Lipinski definition) is 1. The normalized spacial score (nSPS) is 11.9. The molecule has 0 saturated heterocycles. The molecule has 0 radical (unpaired) electrons. The Kier molecular flexibility index (Phi) is 8.71. The highest BCUT2D eigenvalue weighted by Crippen LogP contribution is 2.05. The summed E-state index contributed by atoms with van der Waals surface area (Å²) in [6.07, 6.45) is 6.68. The molecule has 100 valence electrons. The fourth-order valence-electron chi connectivity index (χ4n) is 1.25. The zero-order valence-electron chi connectivity index (χ0n) is 10.1. The highest BCUT2D eigenvalue weighted by molar-refractivity contribution is 7.88. The van der Waals surface area contributed by atoms with Crippen LogP contribution in [0.5, 0.6) is 0 Å². The van der Waals surface area contributed by atoms with Crippen LogP contribution < -0.4 is 0 Å². The van der Waals surface area contributed by atoms with Gasteiger partial charge in [-0.2, -0.15) is 8.42 Å². The molecule has 0 aromatic heterocycles. The average molecular weight is 264 g/mol. The molecule has 0 aliphatic heterocycles. The van der Waals surface area contributed by atoms with Gasteiger partial charge in [-0.05, 0) is 12.5 Å². The molecule has 0 aromatic rings. The van der Waals surface area contributed by atoms with Crippen molar-refractivity contribution in [2.45, 2.75) is 45.4 Å². The van der Waals surface area contributed by atoms with Crippen molar-refractivity contribution in [3.63, 3.8) is 0 Å². The Morgan fingerprint density at radius 2 is 1.88 bits per heavy atom. The molecule has 17 heavy (non-hydrogen) atoms. The minimum Gasteiger partial charge on any atom is -0.461 e. The second-order valence-electron chi connectivity index (χ2n) is 3.73. The van der Waals surface area contributed by atoms with E-state index in [4.69, 9.17) is 9.29 Å². The van der Waals surface area contributed by atoms with E-state index in [1.54, 1.807) is 0 Å². The first-order chi connectivity index (χ1) is 7.95. The zero-order valence-corrected chi connectivity index (χ0v) is 10.9. The molecule has 0 aromatic carbocycles. The van der Waals surface area contributed by atoms with Crippen molar-refractivity contribution in [2.75, 3.05) is 6.61 Å². The van der Waals surface area contributed by atoms with Crippen LogP contribution >= 0.6 is 0 Å². The van der Waals surface area contributed by atoms with Crippen LogP contribution in [0.25, 0.3) is 0 Å². The number of esters is 1. The first-order valence-electron chi connectivity index (χ1n) is 5.75. The van der Waals surface area contributed by atoms with E-state index < -0.39 is 10.1 Å². The maximum absolute atomic E-state index is 11.1. The van der Waals surface area contributed by atoms with Gasteiger partial charge in [0.1, 0.15) is 6.61 Å². The van der Waals surface area contributed by atoms with Gasteiger partial charge in [0.15, 0.2) is 0 Å². The highest BCUT2D eigenvalue weighted by Gasteiger charge is 2.01. The summed E-state index contributed by atoms with van der Waals surface area (Å²) in [5.41, 5.74) is 0. The van der Waals surface area contributed by atoms with Crippen molar-refractivity contribution in [3.8, 4) is 0 Å². The summed E-state index contributed by atoms with van der Waals surface area (Å²) in [5.74, 6) is -0.346. The van der Waals surface area contributed by atoms with Gasteiger partial charge in [-0.1, -0.05) is 32.6 Å². The average Bonchev–Trinajstić information content (AvgIpc) is 2.23. The number of rotatable bonds is 9. The van der Waals surface area contributed by atoms with E-state index in [0.29, 0.717) is 11.8 Å². The van der Waals surface area contributed by atoms with Crippen LogP contribution in [0, 0.1) is 0 Å². The predicted molar refractivity (Wildman–Crippen MR) is 65.0 cm³/mol. The van der Waals surface area contributed by atoms with Crippen LogP contribution in [0.15, 0.2) is 11.5 Å². The highest BCUT2D eigenvalue weighted by atomic mass is 32.2. The maximum atomic E-state index is 11.1. The number of carbonyl (C=O) groups is 1. The van der Waals surface area contributed by atoms with Gasteiger partial charge < -0.3 is 4.74 Å². The molecule has 0 rings (SSSR count). The Hall–Kier alpha value is -0.880. The third-order valence-electron chi connectivity index (χ3n) is 2.09. The van der Waals surface area contributed by atoms with Crippen LogP contribution in [-0.2, 0) is 19.6 Å². The van der Waals surface area contributed by atoms with E-state index in [2.05, 4.69) is 6.92 Å². The van der Waals surface area contributed by atoms with Crippen molar-refractivity contribution in [2.24, 2.45) is 0 Å². The number of ether oxygens (including phenoxy) is 1. The standard InChI is InChI=1S/C11H20O5S/c1-2-3-4-5-6-8-11(12)16-9-7-10-17(13,14)15/h7,10H,2-6,8-9H2,1H3,(H,13,14,15). The molecule has 0 spiro atoms. The van der Waals surface area contributed by atoms with Crippen molar-refractivity contribution >= 4 is 16.1 Å². The minimum absolute atomic E-state index is 0.131. The van der Waals surface area contributed by atoms with Crippen LogP contribution in [-0.4, -0.2) is 25.5 Å². The lowest BCUT2D eigenvalue weighted by Crippen LogP contribution is -2.04. The quantitative estimate of drug-likeness (QED) is 0.392. The minimum atomic E-state index is -4.12. The number of unbranched alkanes of at least 4 members (excludes halogenated alkanes) is 4. The Morgan fingerprint density at radius 3 is 2.47 bits per heavy atom. The fraction of sp³-hybridized carbons (Fsp3) is 0.727. The molecular weight excluding hydrogens is 244 g/mol.